The summed E-state index contributed by atoms with van der Waals surface area (Å²) in [6, 6.07) is 13.0. The fourth-order valence-electron chi connectivity index (χ4n) is 2.56. The summed E-state index contributed by atoms with van der Waals surface area (Å²) in [7, 11) is 0. The summed E-state index contributed by atoms with van der Waals surface area (Å²) in [5.41, 5.74) is 4.83. The van der Waals surface area contributed by atoms with Gasteiger partial charge < -0.3 is 5.32 Å². The fourth-order valence-corrected chi connectivity index (χ4v) is 2.56. The Kier molecular flexibility index (Phi) is 4.83. The second-order valence-electron chi connectivity index (χ2n) is 5.67. The lowest BCUT2D eigenvalue weighted by molar-refractivity contribution is 0.574. The number of aromatic nitrogens is 3. The van der Waals surface area contributed by atoms with E-state index < -0.39 is 0 Å². The molecule has 3 aromatic rings. The number of hydrogen-bond donors (Lipinski definition) is 1. The zero-order valence-electron chi connectivity index (χ0n) is 13.6. The van der Waals surface area contributed by atoms with Crippen LogP contribution in [0.4, 0.5) is 0 Å². The van der Waals surface area contributed by atoms with Crippen molar-refractivity contribution in [2.45, 2.75) is 33.0 Å². The Hall–Kier alpha value is -2.46. The van der Waals surface area contributed by atoms with Crippen LogP contribution in [0.3, 0.4) is 0 Å². The van der Waals surface area contributed by atoms with E-state index in [1.54, 1.807) is 6.20 Å². The molecule has 0 bridgehead atoms. The number of nitrogens with zero attached hydrogens (tertiary/aromatic N) is 3. The van der Waals surface area contributed by atoms with Crippen molar-refractivity contribution >= 4 is 0 Å². The second-order valence-corrected chi connectivity index (χ2v) is 5.67. The number of pyridine rings is 1. The molecule has 3 rings (SSSR count). The van der Waals surface area contributed by atoms with Crippen molar-refractivity contribution in [2.24, 2.45) is 0 Å². The molecule has 0 aliphatic heterocycles. The van der Waals surface area contributed by atoms with Gasteiger partial charge in [0.1, 0.15) is 0 Å². The molecule has 1 atom stereocenters. The molecule has 0 unspecified atom stereocenters. The van der Waals surface area contributed by atoms with Crippen molar-refractivity contribution in [1.82, 2.24) is 20.1 Å². The summed E-state index contributed by atoms with van der Waals surface area (Å²) in [5.74, 6) is 0. The van der Waals surface area contributed by atoms with Gasteiger partial charge in [0.15, 0.2) is 0 Å². The van der Waals surface area contributed by atoms with Gasteiger partial charge in [-0.3, -0.25) is 9.67 Å². The van der Waals surface area contributed by atoms with E-state index in [1.807, 2.05) is 23.1 Å². The third-order valence-electron chi connectivity index (χ3n) is 4.03. The van der Waals surface area contributed by atoms with Crippen LogP contribution in [-0.4, -0.2) is 14.8 Å². The quantitative estimate of drug-likeness (QED) is 0.753. The molecular weight excluding hydrogens is 284 g/mol. The van der Waals surface area contributed by atoms with E-state index in [4.69, 9.17) is 0 Å². The van der Waals surface area contributed by atoms with Gasteiger partial charge in [-0.25, -0.2) is 0 Å². The highest BCUT2D eigenvalue weighted by Gasteiger charge is 2.06. The lowest BCUT2D eigenvalue weighted by Gasteiger charge is -2.14. The molecule has 2 aromatic heterocycles. The third kappa shape index (κ3) is 3.85. The number of benzene rings is 1. The molecule has 0 aliphatic carbocycles. The first-order valence-corrected chi connectivity index (χ1v) is 8.01. The SMILES string of the molecule is CCn1cc(CN[C@@H](C)c2ccc(-c3cccnc3)cc2)cn1. The molecule has 0 saturated heterocycles. The minimum Gasteiger partial charge on any atom is -0.306 e. The minimum atomic E-state index is 0.294. The van der Waals surface area contributed by atoms with Crippen LogP contribution < -0.4 is 5.32 Å². The van der Waals surface area contributed by atoms with E-state index in [0.717, 1.165) is 18.7 Å². The van der Waals surface area contributed by atoms with Crippen LogP contribution in [0.2, 0.25) is 0 Å². The lowest BCUT2D eigenvalue weighted by Crippen LogP contribution is -2.17. The largest absolute Gasteiger partial charge is 0.306 e. The second kappa shape index (κ2) is 7.20. The van der Waals surface area contributed by atoms with Crippen LogP contribution in [-0.2, 0) is 13.1 Å². The fraction of sp³-hybridized carbons (Fsp3) is 0.263. The molecule has 2 heterocycles. The highest BCUT2D eigenvalue weighted by Crippen LogP contribution is 2.21. The molecule has 0 fully saturated rings. The summed E-state index contributed by atoms with van der Waals surface area (Å²) < 4.78 is 1.95. The number of rotatable bonds is 6. The van der Waals surface area contributed by atoms with Gasteiger partial charge in [-0.05, 0) is 36.6 Å². The standard InChI is InChI=1S/C19H22N4/c1-3-23-14-16(12-22-23)11-21-15(2)17-6-8-18(9-7-17)19-5-4-10-20-13-19/h4-10,12-15,21H,3,11H2,1-2H3/t15-/m0/s1. The van der Waals surface area contributed by atoms with Crippen LogP contribution in [0.5, 0.6) is 0 Å². The highest BCUT2D eigenvalue weighted by atomic mass is 15.3. The minimum absolute atomic E-state index is 0.294. The molecule has 0 aliphatic rings. The first-order valence-electron chi connectivity index (χ1n) is 8.01. The Labute approximate surface area is 137 Å². The molecule has 0 spiro atoms. The predicted molar refractivity (Wildman–Crippen MR) is 92.8 cm³/mol. The van der Waals surface area contributed by atoms with Crippen molar-refractivity contribution < 1.29 is 0 Å². The molecular formula is C19H22N4. The van der Waals surface area contributed by atoms with Gasteiger partial charge in [0.2, 0.25) is 0 Å². The summed E-state index contributed by atoms with van der Waals surface area (Å²) in [6.07, 6.45) is 7.70. The summed E-state index contributed by atoms with van der Waals surface area (Å²) in [5, 5.41) is 7.85. The van der Waals surface area contributed by atoms with Crippen LogP contribution in [0.1, 0.15) is 31.0 Å². The monoisotopic (exact) mass is 306 g/mol. The normalized spacial score (nSPS) is 12.3. The van der Waals surface area contributed by atoms with E-state index in [9.17, 15) is 0 Å². The van der Waals surface area contributed by atoms with Crippen molar-refractivity contribution in [3.05, 3.63) is 72.3 Å². The molecule has 0 amide bonds. The molecule has 1 aromatic carbocycles. The summed E-state index contributed by atoms with van der Waals surface area (Å²) >= 11 is 0. The van der Waals surface area contributed by atoms with E-state index >= 15 is 0 Å². The maximum atomic E-state index is 4.30. The summed E-state index contributed by atoms with van der Waals surface area (Å²) in [6.45, 7) is 6.01. The molecule has 0 saturated carbocycles. The first kappa shape index (κ1) is 15.4. The van der Waals surface area contributed by atoms with Crippen molar-refractivity contribution in [3.8, 4) is 11.1 Å². The third-order valence-corrected chi connectivity index (χ3v) is 4.03. The van der Waals surface area contributed by atoms with Gasteiger partial charge in [-0.15, -0.1) is 0 Å². The van der Waals surface area contributed by atoms with Gasteiger partial charge in [0.25, 0.3) is 0 Å². The lowest BCUT2D eigenvalue weighted by atomic mass is 10.0. The molecule has 1 N–H and O–H groups in total. The van der Waals surface area contributed by atoms with Crippen LogP contribution in [0, 0.1) is 0 Å². The smallest absolute Gasteiger partial charge is 0.0534 e. The summed E-state index contributed by atoms with van der Waals surface area (Å²) in [4.78, 5) is 4.17. The molecule has 4 heteroatoms. The highest BCUT2D eigenvalue weighted by molar-refractivity contribution is 5.62. The number of aryl methyl sites for hydroxylation is 1. The van der Waals surface area contributed by atoms with Gasteiger partial charge in [-0.2, -0.15) is 5.10 Å². The van der Waals surface area contributed by atoms with Crippen LogP contribution in [0.25, 0.3) is 11.1 Å². The number of hydrogen-bond acceptors (Lipinski definition) is 3. The molecule has 4 nitrogen and oxygen atoms in total. The van der Waals surface area contributed by atoms with E-state index in [2.05, 4.69) is 65.8 Å². The topological polar surface area (TPSA) is 42.7 Å². The Morgan fingerprint density at radius 2 is 1.91 bits per heavy atom. The zero-order valence-corrected chi connectivity index (χ0v) is 13.6. The molecule has 23 heavy (non-hydrogen) atoms. The Balaban J connectivity index is 1.62. The Morgan fingerprint density at radius 1 is 1.09 bits per heavy atom. The first-order chi connectivity index (χ1) is 11.3. The Bertz CT molecular complexity index is 732. The van der Waals surface area contributed by atoms with Crippen molar-refractivity contribution in [2.75, 3.05) is 0 Å². The average Bonchev–Trinajstić information content (AvgIpc) is 3.09. The molecule has 118 valence electrons. The van der Waals surface area contributed by atoms with Gasteiger partial charge in [-0.1, -0.05) is 30.3 Å². The van der Waals surface area contributed by atoms with Crippen molar-refractivity contribution in [3.63, 3.8) is 0 Å². The average molecular weight is 306 g/mol. The Morgan fingerprint density at radius 3 is 2.57 bits per heavy atom. The maximum absolute atomic E-state index is 4.30. The zero-order chi connectivity index (χ0) is 16.1. The molecule has 0 radical (unpaired) electrons. The number of nitrogens with one attached hydrogen (secondary N) is 1. The van der Waals surface area contributed by atoms with E-state index in [1.165, 1.54) is 16.7 Å². The van der Waals surface area contributed by atoms with Gasteiger partial charge in [0, 0.05) is 43.3 Å². The predicted octanol–water partition coefficient (Wildman–Crippen LogP) is 3.82. The van der Waals surface area contributed by atoms with Gasteiger partial charge in [0.05, 0.1) is 6.20 Å². The van der Waals surface area contributed by atoms with Gasteiger partial charge >= 0.3 is 0 Å². The van der Waals surface area contributed by atoms with Crippen molar-refractivity contribution in [1.29, 1.82) is 0 Å². The van der Waals surface area contributed by atoms with E-state index in [-0.39, 0.29) is 0 Å². The van der Waals surface area contributed by atoms with Crippen LogP contribution in [0.15, 0.2) is 61.2 Å². The van der Waals surface area contributed by atoms with E-state index in [0.29, 0.717) is 6.04 Å². The maximum Gasteiger partial charge on any atom is 0.0534 e. The van der Waals surface area contributed by atoms with Crippen LogP contribution >= 0.6 is 0 Å².